The smallest absolute Gasteiger partial charge is 0.191 e. The fourth-order valence-electron chi connectivity index (χ4n) is 2.59. The van der Waals surface area contributed by atoms with Gasteiger partial charge in [0.05, 0.1) is 12.7 Å². The molecule has 1 saturated heterocycles. The summed E-state index contributed by atoms with van der Waals surface area (Å²) >= 11 is 0. The van der Waals surface area contributed by atoms with Gasteiger partial charge in [0, 0.05) is 53.3 Å². The first-order chi connectivity index (χ1) is 11.2. The number of rotatable bonds is 6. The predicted molar refractivity (Wildman–Crippen MR) is 106 cm³/mol. The van der Waals surface area contributed by atoms with Crippen LogP contribution in [0.3, 0.4) is 0 Å². The van der Waals surface area contributed by atoms with E-state index >= 15 is 0 Å². The minimum absolute atomic E-state index is 0. The topological polar surface area (TPSA) is 64.1 Å². The second kappa shape index (κ2) is 10.7. The van der Waals surface area contributed by atoms with E-state index in [1.54, 1.807) is 21.3 Å². The summed E-state index contributed by atoms with van der Waals surface area (Å²) in [5.41, 5.74) is 0.997. The molecule has 2 rings (SSSR count). The molecule has 0 bridgehead atoms. The number of hydrogen-bond acceptors (Lipinski definition) is 4. The second-order valence-electron chi connectivity index (χ2n) is 5.63. The van der Waals surface area contributed by atoms with Crippen molar-refractivity contribution >= 4 is 29.9 Å². The van der Waals surface area contributed by atoms with E-state index in [0.717, 1.165) is 44.3 Å². The zero-order chi connectivity index (χ0) is 16.5. The van der Waals surface area contributed by atoms with Gasteiger partial charge in [-0.3, -0.25) is 4.99 Å². The zero-order valence-electron chi connectivity index (χ0n) is 14.6. The summed E-state index contributed by atoms with van der Waals surface area (Å²) in [6.07, 6.45) is 1.79. The summed E-state index contributed by atoms with van der Waals surface area (Å²) in [7, 11) is 5.20. The standard InChI is InChI=1S/C17H27N3O3.HI/c1-18-16(19-12-14-4-6-15(21-2)7-5-14)20-13-17(22-3)8-10-23-11-9-17;/h4-7H,8-13H2,1-3H3,(H2,18,19,20);1H. The number of methoxy groups -OCH3 is 2. The maximum Gasteiger partial charge on any atom is 0.191 e. The van der Waals surface area contributed by atoms with Crippen LogP contribution in [0.4, 0.5) is 0 Å². The molecule has 1 aromatic carbocycles. The minimum atomic E-state index is -0.171. The summed E-state index contributed by atoms with van der Waals surface area (Å²) in [6, 6.07) is 7.98. The number of hydrogen-bond donors (Lipinski definition) is 2. The van der Waals surface area contributed by atoms with Crippen molar-refractivity contribution in [3.8, 4) is 5.75 Å². The van der Waals surface area contributed by atoms with Crippen molar-refractivity contribution in [2.45, 2.75) is 25.0 Å². The first-order valence-corrected chi connectivity index (χ1v) is 7.92. The highest BCUT2D eigenvalue weighted by atomic mass is 127. The van der Waals surface area contributed by atoms with Crippen molar-refractivity contribution in [3.63, 3.8) is 0 Å². The Morgan fingerprint density at radius 3 is 2.38 bits per heavy atom. The molecular weight excluding hydrogens is 421 g/mol. The number of benzene rings is 1. The molecule has 0 radical (unpaired) electrons. The normalized spacial score (nSPS) is 16.9. The molecule has 6 nitrogen and oxygen atoms in total. The molecule has 1 aromatic rings. The van der Waals surface area contributed by atoms with Gasteiger partial charge in [-0.15, -0.1) is 24.0 Å². The van der Waals surface area contributed by atoms with Gasteiger partial charge in [0.15, 0.2) is 5.96 Å². The molecule has 1 aliphatic rings. The average Bonchev–Trinajstić information content (AvgIpc) is 2.63. The average molecular weight is 449 g/mol. The van der Waals surface area contributed by atoms with E-state index in [1.165, 1.54) is 5.56 Å². The summed E-state index contributed by atoms with van der Waals surface area (Å²) in [5.74, 6) is 1.63. The lowest BCUT2D eigenvalue weighted by Crippen LogP contribution is -2.50. The number of aliphatic imine (C=N–C) groups is 1. The summed E-state index contributed by atoms with van der Waals surface area (Å²) in [6.45, 7) is 2.91. The predicted octanol–water partition coefficient (Wildman–Crippen LogP) is 2.17. The SMILES string of the molecule is CN=C(NCc1ccc(OC)cc1)NCC1(OC)CCOCC1.I. The second-order valence-corrected chi connectivity index (χ2v) is 5.63. The van der Waals surface area contributed by atoms with E-state index in [1.807, 2.05) is 24.3 Å². The fourth-order valence-corrected chi connectivity index (χ4v) is 2.59. The van der Waals surface area contributed by atoms with Gasteiger partial charge in [0.2, 0.25) is 0 Å². The van der Waals surface area contributed by atoms with Gasteiger partial charge in [-0.2, -0.15) is 0 Å². The van der Waals surface area contributed by atoms with Crippen molar-refractivity contribution in [1.29, 1.82) is 0 Å². The Morgan fingerprint density at radius 2 is 1.83 bits per heavy atom. The zero-order valence-corrected chi connectivity index (χ0v) is 17.0. The Morgan fingerprint density at radius 1 is 1.17 bits per heavy atom. The molecule has 0 spiro atoms. The fraction of sp³-hybridized carbons (Fsp3) is 0.588. The molecule has 0 aliphatic carbocycles. The van der Waals surface area contributed by atoms with Crippen LogP contribution < -0.4 is 15.4 Å². The highest BCUT2D eigenvalue weighted by Crippen LogP contribution is 2.23. The molecule has 0 atom stereocenters. The van der Waals surface area contributed by atoms with Gasteiger partial charge in [-0.05, 0) is 17.7 Å². The third-order valence-electron chi connectivity index (χ3n) is 4.26. The molecule has 1 aliphatic heterocycles. The molecular formula is C17H28IN3O3. The monoisotopic (exact) mass is 449 g/mol. The van der Waals surface area contributed by atoms with Crippen LogP contribution in [0.5, 0.6) is 5.75 Å². The van der Waals surface area contributed by atoms with Crippen molar-refractivity contribution < 1.29 is 14.2 Å². The van der Waals surface area contributed by atoms with Gasteiger partial charge in [0.25, 0.3) is 0 Å². The molecule has 2 N–H and O–H groups in total. The van der Waals surface area contributed by atoms with Crippen molar-refractivity contribution in [2.75, 3.05) is 41.0 Å². The maximum atomic E-state index is 5.72. The van der Waals surface area contributed by atoms with Crippen LogP contribution in [-0.2, 0) is 16.0 Å². The van der Waals surface area contributed by atoms with E-state index < -0.39 is 0 Å². The van der Waals surface area contributed by atoms with Gasteiger partial charge < -0.3 is 24.8 Å². The maximum absolute atomic E-state index is 5.72. The summed E-state index contributed by atoms with van der Waals surface area (Å²) in [5, 5.41) is 6.67. The van der Waals surface area contributed by atoms with Crippen LogP contribution >= 0.6 is 24.0 Å². The largest absolute Gasteiger partial charge is 0.497 e. The Bertz CT molecular complexity index is 502. The Labute approximate surface area is 161 Å². The van der Waals surface area contributed by atoms with Crippen LogP contribution in [0.2, 0.25) is 0 Å². The Hall–Kier alpha value is -1.06. The number of ether oxygens (including phenoxy) is 3. The van der Waals surface area contributed by atoms with Gasteiger partial charge >= 0.3 is 0 Å². The molecule has 0 aromatic heterocycles. The summed E-state index contributed by atoms with van der Waals surface area (Å²) in [4.78, 5) is 4.27. The van der Waals surface area contributed by atoms with E-state index in [0.29, 0.717) is 6.54 Å². The van der Waals surface area contributed by atoms with E-state index in [4.69, 9.17) is 14.2 Å². The van der Waals surface area contributed by atoms with E-state index in [-0.39, 0.29) is 29.6 Å². The number of halogens is 1. The number of nitrogens with one attached hydrogen (secondary N) is 2. The molecule has 1 fully saturated rings. The Balaban J connectivity index is 0.00000288. The molecule has 7 heteroatoms. The lowest BCUT2D eigenvalue weighted by atomic mass is 9.94. The molecule has 24 heavy (non-hydrogen) atoms. The number of guanidine groups is 1. The van der Waals surface area contributed by atoms with E-state index in [2.05, 4.69) is 15.6 Å². The molecule has 0 saturated carbocycles. The third-order valence-corrected chi connectivity index (χ3v) is 4.26. The first kappa shape index (κ1) is 21.0. The van der Waals surface area contributed by atoms with Gasteiger partial charge in [-0.1, -0.05) is 12.1 Å². The van der Waals surface area contributed by atoms with Gasteiger partial charge in [-0.25, -0.2) is 0 Å². The van der Waals surface area contributed by atoms with Crippen LogP contribution in [-0.4, -0.2) is 52.6 Å². The van der Waals surface area contributed by atoms with E-state index in [9.17, 15) is 0 Å². The van der Waals surface area contributed by atoms with Crippen molar-refractivity contribution in [1.82, 2.24) is 10.6 Å². The summed E-state index contributed by atoms with van der Waals surface area (Å²) < 4.78 is 16.3. The van der Waals surface area contributed by atoms with Crippen LogP contribution in [0.1, 0.15) is 18.4 Å². The molecule has 0 unspecified atom stereocenters. The lowest BCUT2D eigenvalue weighted by molar-refractivity contribution is -0.0855. The quantitative estimate of drug-likeness (QED) is 0.396. The highest BCUT2D eigenvalue weighted by molar-refractivity contribution is 14.0. The molecule has 136 valence electrons. The van der Waals surface area contributed by atoms with Crippen LogP contribution in [0.15, 0.2) is 29.3 Å². The number of nitrogens with zero attached hydrogens (tertiary/aromatic N) is 1. The Kier molecular flexibility index (Phi) is 9.38. The minimum Gasteiger partial charge on any atom is -0.497 e. The van der Waals surface area contributed by atoms with Crippen molar-refractivity contribution in [3.05, 3.63) is 29.8 Å². The van der Waals surface area contributed by atoms with Crippen molar-refractivity contribution in [2.24, 2.45) is 4.99 Å². The van der Waals surface area contributed by atoms with Crippen LogP contribution in [0, 0.1) is 0 Å². The van der Waals surface area contributed by atoms with Crippen LogP contribution in [0.25, 0.3) is 0 Å². The molecule has 0 amide bonds. The molecule has 1 heterocycles. The lowest BCUT2D eigenvalue weighted by Gasteiger charge is -2.36. The highest BCUT2D eigenvalue weighted by Gasteiger charge is 2.32. The third kappa shape index (κ3) is 6.10. The first-order valence-electron chi connectivity index (χ1n) is 7.92. The van der Waals surface area contributed by atoms with Gasteiger partial charge in [0.1, 0.15) is 5.75 Å².